The van der Waals surface area contributed by atoms with Gasteiger partial charge >= 0.3 is 6.09 Å². The molecule has 0 saturated carbocycles. The van der Waals surface area contributed by atoms with Gasteiger partial charge in [-0.3, -0.25) is 9.59 Å². The molecule has 9 nitrogen and oxygen atoms in total. The first kappa shape index (κ1) is 14.3. The number of benzene rings is 1. The van der Waals surface area contributed by atoms with E-state index in [0.29, 0.717) is 16.3 Å². The van der Waals surface area contributed by atoms with Crippen molar-refractivity contribution >= 4 is 29.3 Å². The Morgan fingerprint density at radius 3 is 2.43 bits per heavy atom. The fourth-order valence-electron chi connectivity index (χ4n) is 1.64. The zero-order valence-corrected chi connectivity index (χ0v) is 10.9. The summed E-state index contributed by atoms with van der Waals surface area (Å²) in [6, 6.07) is 4.89. The summed E-state index contributed by atoms with van der Waals surface area (Å²) in [5.41, 5.74) is 6.06. The zero-order valence-electron chi connectivity index (χ0n) is 10.9. The summed E-state index contributed by atoms with van der Waals surface area (Å²) in [6.45, 7) is 1.49. The van der Waals surface area contributed by atoms with E-state index in [1.807, 2.05) is 0 Å². The second-order valence-electron chi connectivity index (χ2n) is 4.20. The van der Waals surface area contributed by atoms with Crippen LogP contribution in [0.25, 0.3) is 0 Å². The Bertz CT molecular complexity index is 665. The maximum Gasteiger partial charge on any atom is 0.435 e. The van der Waals surface area contributed by atoms with Crippen LogP contribution < -0.4 is 5.73 Å². The quantitative estimate of drug-likeness (QED) is 0.805. The maximum absolute atomic E-state index is 11.7. The van der Waals surface area contributed by atoms with Crippen LogP contribution in [0.1, 0.15) is 17.3 Å². The molecule has 2 rings (SSSR count). The molecular formula is C12H11N5O4. The molecule has 108 valence electrons. The van der Waals surface area contributed by atoms with Crippen molar-refractivity contribution < 1.29 is 19.5 Å². The standard InChI is InChI=1S/C12H11N5O4/c1-6-9(11(19)17(16-6)12(20)21)15-14-8-4-2-7(3-5-8)10(13)18/h2-5,9H,1H3,(H2,13,18)(H,20,21). The molecule has 0 spiro atoms. The predicted octanol–water partition coefficient (Wildman–Crippen LogP) is 1.13. The largest absolute Gasteiger partial charge is 0.463 e. The van der Waals surface area contributed by atoms with Crippen molar-refractivity contribution in [3.05, 3.63) is 29.8 Å². The second kappa shape index (κ2) is 5.49. The molecule has 3 N–H and O–H groups in total. The summed E-state index contributed by atoms with van der Waals surface area (Å²) < 4.78 is 0. The highest BCUT2D eigenvalue weighted by atomic mass is 16.4. The van der Waals surface area contributed by atoms with Crippen molar-refractivity contribution in [1.82, 2.24) is 5.01 Å². The molecule has 0 aliphatic carbocycles. The van der Waals surface area contributed by atoms with Gasteiger partial charge in [-0.15, -0.1) is 5.01 Å². The summed E-state index contributed by atoms with van der Waals surface area (Å²) >= 11 is 0. The summed E-state index contributed by atoms with van der Waals surface area (Å²) in [4.78, 5) is 33.4. The van der Waals surface area contributed by atoms with Crippen molar-refractivity contribution in [3.63, 3.8) is 0 Å². The number of carbonyl (C=O) groups is 3. The average Bonchev–Trinajstić information content (AvgIpc) is 2.72. The van der Waals surface area contributed by atoms with Crippen molar-refractivity contribution in [2.45, 2.75) is 13.0 Å². The number of hydrazone groups is 1. The number of imide groups is 1. The van der Waals surface area contributed by atoms with Gasteiger partial charge in [0.05, 0.1) is 11.4 Å². The van der Waals surface area contributed by atoms with Gasteiger partial charge in [0, 0.05) is 5.56 Å². The molecule has 0 bridgehead atoms. The number of nitrogens with two attached hydrogens (primary N) is 1. The van der Waals surface area contributed by atoms with Gasteiger partial charge in [-0.05, 0) is 31.2 Å². The van der Waals surface area contributed by atoms with Gasteiger partial charge in [0.15, 0.2) is 6.04 Å². The van der Waals surface area contributed by atoms with Gasteiger partial charge in [-0.25, -0.2) is 4.79 Å². The molecule has 0 fully saturated rings. The van der Waals surface area contributed by atoms with Crippen molar-refractivity contribution in [2.75, 3.05) is 0 Å². The monoisotopic (exact) mass is 289 g/mol. The first-order valence-corrected chi connectivity index (χ1v) is 5.83. The van der Waals surface area contributed by atoms with Gasteiger partial charge in [0.25, 0.3) is 5.91 Å². The third-order valence-electron chi connectivity index (χ3n) is 2.72. The molecule has 0 radical (unpaired) electrons. The SMILES string of the molecule is CC1=NN(C(=O)O)C(=O)C1N=Nc1ccc(C(N)=O)cc1. The number of rotatable bonds is 3. The normalized spacial score (nSPS) is 18.1. The van der Waals surface area contributed by atoms with E-state index in [-0.39, 0.29) is 5.71 Å². The van der Waals surface area contributed by atoms with E-state index in [2.05, 4.69) is 15.3 Å². The fraction of sp³-hybridized carbons (Fsp3) is 0.167. The van der Waals surface area contributed by atoms with E-state index in [4.69, 9.17) is 10.8 Å². The zero-order chi connectivity index (χ0) is 15.6. The minimum absolute atomic E-state index is 0.236. The number of carbonyl (C=O) groups excluding carboxylic acids is 2. The highest BCUT2D eigenvalue weighted by molar-refractivity contribution is 6.14. The second-order valence-corrected chi connectivity index (χ2v) is 4.20. The molecule has 1 aliphatic heterocycles. The molecule has 9 heteroatoms. The first-order chi connectivity index (χ1) is 9.90. The fourth-order valence-corrected chi connectivity index (χ4v) is 1.64. The molecule has 3 amide bonds. The van der Waals surface area contributed by atoms with E-state index in [1.165, 1.54) is 31.2 Å². The highest BCUT2D eigenvalue weighted by Crippen LogP contribution is 2.18. The van der Waals surface area contributed by atoms with Gasteiger partial charge < -0.3 is 10.8 Å². The lowest BCUT2D eigenvalue weighted by Crippen LogP contribution is -2.33. The molecule has 1 aromatic rings. The van der Waals surface area contributed by atoms with E-state index >= 15 is 0 Å². The van der Waals surface area contributed by atoms with Crippen LogP contribution in [0.2, 0.25) is 0 Å². The lowest BCUT2D eigenvalue weighted by atomic mass is 10.2. The van der Waals surface area contributed by atoms with Crippen LogP contribution >= 0.6 is 0 Å². The summed E-state index contributed by atoms with van der Waals surface area (Å²) in [5, 5.41) is 20.3. The topological polar surface area (TPSA) is 138 Å². The highest BCUT2D eigenvalue weighted by Gasteiger charge is 2.37. The van der Waals surface area contributed by atoms with Crippen LogP contribution in [0.3, 0.4) is 0 Å². The Hall–Kier alpha value is -3.10. The smallest absolute Gasteiger partial charge is 0.435 e. The number of carboxylic acid groups (broad SMARTS) is 1. The molecule has 1 aliphatic rings. The third kappa shape index (κ3) is 2.91. The van der Waals surface area contributed by atoms with Crippen LogP contribution in [-0.4, -0.2) is 39.8 Å². The van der Waals surface area contributed by atoms with Crippen molar-refractivity contribution in [3.8, 4) is 0 Å². The van der Waals surface area contributed by atoms with E-state index in [0.717, 1.165) is 0 Å². The summed E-state index contributed by atoms with van der Waals surface area (Å²) in [5.74, 6) is -1.35. The molecule has 0 saturated heterocycles. The summed E-state index contributed by atoms with van der Waals surface area (Å²) in [6.07, 6.45) is -1.47. The molecule has 1 atom stereocenters. The van der Waals surface area contributed by atoms with E-state index in [9.17, 15) is 14.4 Å². The molecule has 0 aromatic heterocycles. The number of nitrogens with zero attached hydrogens (tertiary/aromatic N) is 4. The third-order valence-corrected chi connectivity index (χ3v) is 2.72. The Kier molecular flexibility index (Phi) is 3.74. The summed E-state index contributed by atoms with van der Waals surface area (Å²) in [7, 11) is 0. The maximum atomic E-state index is 11.7. The number of primary amides is 1. The van der Waals surface area contributed by atoms with Gasteiger partial charge in [0.1, 0.15) is 0 Å². The average molecular weight is 289 g/mol. The lowest BCUT2D eigenvalue weighted by molar-refractivity contribution is -0.127. The number of hydrogen-bond acceptors (Lipinski definition) is 6. The number of amides is 3. The molecule has 21 heavy (non-hydrogen) atoms. The molecular weight excluding hydrogens is 278 g/mol. The first-order valence-electron chi connectivity index (χ1n) is 5.83. The number of hydrogen-bond donors (Lipinski definition) is 2. The predicted molar refractivity (Wildman–Crippen MR) is 71.2 cm³/mol. The Labute approximate surface area is 118 Å². The Balaban J connectivity index is 2.15. The Morgan fingerprint density at radius 2 is 1.95 bits per heavy atom. The van der Waals surface area contributed by atoms with Crippen LogP contribution in [-0.2, 0) is 4.79 Å². The minimum Gasteiger partial charge on any atom is -0.463 e. The Morgan fingerprint density at radius 1 is 1.33 bits per heavy atom. The van der Waals surface area contributed by atoms with Gasteiger partial charge in [-0.2, -0.15) is 15.3 Å². The van der Waals surface area contributed by atoms with Gasteiger partial charge in [-0.1, -0.05) is 0 Å². The van der Waals surface area contributed by atoms with E-state index in [1.54, 1.807) is 0 Å². The molecule has 1 aromatic carbocycles. The van der Waals surface area contributed by atoms with Crippen LogP contribution in [0, 0.1) is 0 Å². The molecule has 1 unspecified atom stereocenters. The number of azo groups is 1. The molecule has 1 heterocycles. The van der Waals surface area contributed by atoms with Crippen molar-refractivity contribution in [1.29, 1.82) is 0 Å². The van der Waals surface area contributed by atoms with Crippen molar-refractivity contribution in [2.24, 2.45) is 21.1 Å². The van der Waals surface area contributed by atoms with Crippen LogP contribution in [0.4, 0.5) is 10.5 Å². The lowest BCUT2D eigenvalue weighted by Gasteiger charge is -2.04. The van der Waals surface area contributed by atoms with Crippen LogP contribution in [0.5, 0.6) is 0 Å². The minimum atomic E-state index is -1.47. The van der Waals surface area contributed by atoms with E-state index < -0.39 is 23.9 Å². The van der Waals surface area contributed by atoms with Gasteiger partial charge in [0.2, 0.25) is 5.91 Å². The van der Waals surface area contributed by atoms with Crippen LogP contribution in [0.15, 0.2) is 39.6 Å².